The van der Waals surface area contributed by atoms with E-state index in [0.717, 1.165) is 4.47 Å². The third-order valence-electron chi connectivity index (χ3n) is 3.65. The predicted octanol–water partition coefficient (Wildman–Crippen LogP) is 2.71. The highest BCUT2D eigenvalue weighted by atomic mass is 79.9. The molecule has 1 amide bonds. The maximum atomic E-state index is 12.9. The average molecular weight is 453 g/mol. The van der Waals surface area contributed by atoms with E-state index in [1.807, 2.05) is 19.1 Å². The Hall–Kier alpha value is -1.89. The Labute approximate surface area is 170 Å². The highest BCUT2D eigenvalue weighted by molar-refractivity contribution is 9.10. The fourth-order valence-electron chi connectivity index (χ4n) is 2.39. The van der Waals surface area contributed by atoms with E-state index in [1.54, 1.807) is 16.7 Å². The molecule has 2 rings (SSSR count). The molecule has 144 valence electrons. The summed E-state index contributed by atoms with van der Waals surface area (Å²) in [6, 6.07) is 7.34. The van der Waals surface area contributed by atoms with Crippen LogP contribution in [0.15, 0.2) is 32.6 Å². The molecule has 2 aromatic rings. The molecule has 7 nitrogen and oxygen atoms in total. The molecule has 1 aromatic carbocycles. The van der Waals surface area contributed by atoms with E-state index >= 15 is 0 Å². The molecule has 0 aliphatic heterocycles. The zero-order chi connectivity index (χ0) is 19.6. The van der Waals surface area contributed by atoms with Gasteiger partial charge in [0.05, 0.1) is 29.1 Å². The minimum Gasteiger partial charge on any atom is -0.382 e. The van der Waals surface area contributed by atoms with Gasteiger partial charge in [-0.05, 0) is 31.5 Å². The van der Waals surface area contributed by atoms with E-state index in [-0.39, 0.29) is 23.6 Å². The summed E-state index contributed by atoms with van der Waals surface area (Å²) in [6.07, 6.45) is 0.943. The first-order valence-corrected chi connectivity index (χ1v) is 10.4. The number of carbonyl (C=O) groups is 1. The summed E-state index contributed by atoms with van der Waals surface area (Å²) in [4.78, 5) is 29.4. The molecule has 0 bridgehead atoms. The molecule has 27 heavy (non-hydrogen) atoms. The van der Waals surface area contributed by atoms with Crippen LogP contribution >= 0.6 is 27.7 Å². The van der Waals surface area contributed by atoms with Crippen LogP contribution in [0.4, 0.5) is 0 Å². The van der Waals surface area contributed by atoms with Gasteiger partial charge in [0.15, 0.2) is 5.16 Å². The molecule has 0 saturated carbocycles. The van der Waals surface area contributed by atoms with Crippen molar-refractivity contribution in [2.45, 2.75) is 31.5 Å². The molecule has 9 heteroatoms. The van der Waals surface area contributed by atoms with Gasteiger partial charge in [-0.25, -0.2) is 4.98 Å². The molecule has 0 aliphatic carbocycles. The number of benzene rings is 1. The van der Waals surface area contributed by atoms with Crippen molar-refractivity contribution < 1.29 is 9.53 Å². The van der Waals surface area contributed by atoms with Gasteiger partial charge < -0.3 is 10.1 Å². The summed E-state index contributed by atoms with van der Waals surface area (Å²) in [6.45, 7) is 3.89. The summed E-state index contributed by atoms with van der Waals surface area (Å²) < 4.78 is 7.76. The number of hydrogen-bond acceptors (Lipinski definition) is 6. The van der Waals surface area contributed by atoms with Crippen molar-refractivity contribution in [3.05, 3.63) is 33.0 Å². The summed E-state index contributed by atoms with van der Waals surface area (Å²) in [5.41, 5.74) is 0.460. The third kappa shape index (κ3) is 6.34. The van der Waals surface area contributed by atoms with Crippen molar-refractivity contribution in [3.63, 3.8) is 0 Å². The van der Waals surface area contributed by atoms with Crippen LogP contribution in [0, 0.1) is 11.3 Å². The fourth-order valence-corrected chi connectivity index (χ4v) is 3.60. The van der Waals surface area contributed by atoms with E-state index in [9.17, 15) is 9.59 Å². The lowest BCUT2D eigenvalue weighted by Gasteiger charge is -2.13. The van der Waals surface area contributed by atoms with Crippen LogP contribution in [0.1, 0.15) is 19.8 Å². The van der Waals surface area contributed by atoms with E-state index < -0.39 is 0 Å². The molecule has 0 saturated heterocycles. The normalized spacial score (nSPS) is 10.7. The summed E-state index contributed by atoms with van der Waals surface area (Å²) in [7, 11) is 0. The van der Waals surface area contributed by atoms with E-state index in [2.05, 4.69) is 26.2 Å². The number of nitrogens with one attached hydrogen (secondary N) is 1. The first kappa shape index (κ1) is 21.4. The second kappa shape index (κ2) is 11.1. The van der Waals surface area contributed by atoms with Gasteiger partial charge in [-0.2, -0.15) is 5.26 Å². The largest absolute Gasteiger partial charge is 0.382 e. The minimum atomic E-state index is -0.193. The fraction of sp³-hybridized carbons (Fsp3) is 0.444. The van der Waals surface area contributed by atoms with Crippen molar-refractivity contribution >= 4 is 44.5 Å². The summed E-state index contributed by atoms with van der Waals surface area (Å²) in [5.74, 6) is -0.0629. The molecule has 0 fully saturated rings. The van der Waals surface area contributed by atoms with E-state index in [4.69, 9.17) is 10.00 Å². The van der Waals surface area contributed by atoms with E-state index in [1.165, 1.54) is 11.8 Å². The van der Waals surface area contributed by atoms with Crippen LogP contribution in [0.3, 0.4) is 0 Å². The number of nitrogens with zero attached hydrogens (tertiary/aromatic N) is 3. The minimum absolute atomic E-state index is 0.130. The molecule has 0 radical (unpaired) electrons. The maximum Gasteiger partial charge on any atom is 0.262 e. The van der Waals surface area contributed by atoms with Gasteiger partial charge in [-0.15, -0.1) is 0 Å². The Bertz CT molecular complexity index is 895. The number of rotatable bonds is 10. The van der Waals surface area contributed by atoms with Crippen LogP contribution in [0.2, 0.25) is 0 Å². The molecule has 1 N–H and O–H groups in total. The van der Waals surface area contributed by atoms with Gasteiger partial charge >= 0.3 is 0 Å². The SMILES string of the molecule is CCOCCCn1c(SCC(=O)NCCC#N)nc2ccc(Br)cc2c1=O. The van der Waals surface area contributed by atoms with Gasteiger partial charge in [0, 0.05) is 30.8 Å². The Morgan fingerprint density at radius 3 is 3.04 bits per heavy atom. The molecule has 0 aliphatic rings. The molecule has 0 atom stereocenters. The van der Waals surface area contributed by atoms with Crippen LogP contribution in [-0.4, -0.2) is 41.0 Å². The van der Waals surface area contributed by atoms with Crippen molar-refractivity contribution in [3.8, 4) is 6.07 Å². The number of ether oxygens (including phenoxy) is 1. The molecule has 1 aromatic heterocycles. The molecular formula is C18H21BrN4O3S. The smallest absolute Gasteiger partial charge is 0.262 e. The number of thioether (sulfide) groups is 1. The second-order valence-corrected chi connectivity index (χ2v) is 7.47. The van der Waals surface area contributed by atoms with Crippen molar-refractivity contribution in [2.75, 3.05) is 25.5 Å². The van der Waals surface area contributed by atoms with Gasteiger partial charge in [-0.3, -0.25) is 14.2 Å². The molecule has 0 unspecified atom stereocenters. The highest BCUT2D eigenvalue weighted by Gasteiger charge is 2.13. The number of halogens is 1. The molecule has 0 spiro atoms. The maximum absolute atomic E-state index is 12.9. The van der Waals surface area contributed by atoms with Crippen molar-refractivity contribution in [2.24, 2.45) is 0 Å². The lowest BCUT2D eigenvalue weighted by atomic mass is 10.2. The topological polar surface area (TPSA) is 97.0 Å². The standard InChI is InChI=1S/C18H21BrN4O3S/c1-2-26-10-4-9-23-17(25)14-11-13(19)5-6-15(14)22-18(23)27-12-16(24)21-8-3-7-20/h5-6,11H,2-4,8-10,12H2,1H3,(H,21,24). The number of aromatic nitrogens is 2. The zero-order valence-corrected chi connectivity index (χ0v) is 17.4. The monoisotopic (exact) mass is 452 g/mol. The summed E-state index contributed by atoms with van der Waals surface area (Å²) in [5, 5.41) is 12.2. The van der Waals surface area contributed by atoms with Crippen LogP contribution in [-0.2, 0) is 16.1 Å². The number of amides is 1. The third-order valence-corrected chi connectivity index (χ3v) is 5.12. The van der Waals surface area contributed by atoms with Crippen LogP contribution < -0.4 is 10.9 Å². The zero-order valence-electron chi connectivity index (χ0n) is 15.0. The lowest BCUT2D eigenvalue weighted by Crippen LogP contribution is -2.28. The van der Waals surface area contributed by atoms with Gasteiger partial charge in [0.1, 0.15) is 0 Å². The molecule has 1 heterocycles. The Kier molecular flexibility index (Phi) is 8.78. The predicted molar refractivity (Wildman–Crippen MR) is 109 cm³/mol. The molecular weight excluding hydrogens is 432 g/mol. The van der Waals surface area contributed by atoms with Crippen molar-refractivity contribution in [1.29, 1.82) is 5.26 Å². The van der Waals surface area contributed by atoms with Crippen LogP contribution in [0.5, 0.6) is 0 Å². The Morgan fingerprint density at radius 2 is 2.30 bits per heavy atom. The number of hydrogen-bond donors (Lipinski definition) is 1. The first-order chi connectivity index (χ1) is 13.1. The van der Waals surface area contributed by atoms with Gasteiger partial charge in [0.2, 0.25) is 5.91 Å². The number of nitriles is 1. The second-order valence-electron chi connectivity index (χ2n) is 5.61. The van der Waals surface area contributed by atoms with Gasteiger partial charge in [0.25, 0.3) is 5.56 Å². The van der Waals surface area contributed by atoms with Gasteiger partial charge in [-0.1, -0.05) is 27.7 Å². The van der Waals surface area contributed by atoms with E-state index in [0.29, 0.717) is 48.8 Å². The highest BCUT2D eigenvalue weighted by Crippen LogP contribution is 2.20. The van der Waals surface area contributed by atoms with Crippen LogP contribution in [0.25, 0.3) is 10.9 Å². The Morgan fingerprint density at radius 1 is 1.48 bits per heavy atom. The summed E-state index contributed by atoms with van der Waals surface area (Å²) >= 11 is 4.60. The van der Waals surface area contributed by atoms with Crippen molar-refractivity contribution in [1.82, 2.24) is 14.9 Å². The average Bonchev–Trinajstić information content (AvgIpc) is 2.66. The first-order valence-electron chi connectivity index (χ1n) is 8.61. The quantitative estimate of drug-likeness (QED) is 0.338. The number of carbonyl (C=O) groups excluding carboxylic acids is 1. The number of fused-ring (bicyclic) bond motifs is 1. The lowest BCUT2D eigenvalue weighted by molar-refractivity contribution is -0.118. The Balaban J connectivity index is 2.23.